The lowest BCUT2D eigenvalue weighted by Gasteiger charge is -2.18. The number of ketones is 1. The molecule has 0 radical (unpaired) electrons. The summed E-state index contributed by atoms with van der Waals surface area (Å²) in [5.74, 6) is -1.94. The first-order valence-corrected chi connectivity index (χ1v) is 8.77. The predicted octanol–water partition coefficient (Wildman–Crippen LogP) is 2.58. The highest BCUT2D eigenvalue weighted by Gasteiger charge is 2.24. The highest BCUT2D eigenvalue weighted by atomic mass is 16.5. The van der Waals surface area contributed by atoms with Crippen LogP contribution in [-0.2, 0) is 14.3 Å². The van der Waals surface area contributed by atoms with E-state index >= 15 is 0 Å². The Morgan fingerprint density at radius 3 is 2.14 bits per heavy atom. The van der Waals surface area contributed by atoms with Crippen LogP contribution >= 0.6 is 0 Å². The van der Waals surface area contributed by atoms with Crippen LogP contribution in [0.5, 0.6) is 0 Å². The quantitative estimate of drug-likeness (QED) is 0.566. The maximum absolute atomic E-state index is 12.3. The van der Waals surface area contributed by atoms with Crippen molar-refractivity contribution in [2.24, 2.45) is 0 Å². The molecule has 2 aromatic carbocycles. The van der Waals surface area contributed by atoms with Gasteiger partial charge < -0.3 is 15.4 Å². The molecular weight excluding hydrogens is 360 g/mol. The maximum atomic E-state index is 12.3. The molecule has 0 aromatic heterocycles. The molecule has 0 spiro atoms. The summed E-state index contributed by atoms with van der Waals surface area (Å²) in [7, 11) is 0. The van der Waals surface area contributed by atoms with E-state index in [0.717, 1.165) is 0 Å². The van der Waals surface area contributed by atoms with Gasteiger partial charge in [-0.25, -0.2) is 4.79 Å². The third-order valence-electron chi connectivity index (χ3n) is 3.96. The molecule has 0 unspecified atom stereocenters. The minimum atomic E-state index is -1.11. The zero-order chi connectivity index (χ0) is 20.7. The van der Waals surface area contributed by atoms with Crippen LogP contribution < -0.4 is 10.6 Å². The molecule has 0 saturated heterocycles. The molecule has 0 heterocycles. The number of ether oxygens (including phenoxy) is 1. The van der Waals surface area contributed by atoms with Crippen molar-refractivity contribution >= 4 is 29.3 Å². The van der Waals surface area contributed by atoms with Crippen molar-refractivity contribution in [2.45, 2.75) is 32.9 Å². The number of anilines is 1. The van der Waals surface area contributed by atoms with Crippen molar-refractivity contribution in [1.82, 2.24) is 5.32 Å². The number of benzene rings is 2. The molecule has 2 amide bonds. The van der Waals surface area contributed by atoms with E-state index in [0.29, 0.717) is 16.8 Å². The van der Waals surface area contributed by atoms with Gasteiger partial charge in [0.15, 0.2) is 11.9 Å². The van der Waals surface area contributed by atoms with Crippen molar-refractivity contribution in [1.29, 1.82) is 0 Å². The Labute approximate surface area is 163 Å². The van der Waals surface area contributed by atoms with Gasteiger partial charge in [0.1, 0.15) is 6.04 Å². The number of nitrogens with one attached hydrogen (secondary N) is 2. The molecule has 2 aromatic rings. The minimum absolute atomic E-state index is 0.196. The summed E-state index contributed by atoms with van der Waals surface area (Å²) >= 11 is 0. The fraction of sp³-hybridized carbons (Fsp3) is 0.238. The second-order valence-corrected chi connectivity index (χ2v) is 6.23. The standard InChI is InChI=1S/C21H22N2O5/c1-13(22-20(26)16-9-5-4-6-10-16)21(27)28-15(3)19(25)23-18-12-8-7-11-17(18)14(2)24/h4-13,15H,1-3H3,(H,22,26)(H,23,25)/t13-,15+/m0/s1. The van der Waals surface area contributed by atoms with E-state index in [1.54, 1.807) is 54.6 Å². The van der Waals surface area contributed by atoms with Crippen LogP contribution in [0.25, 0.3) is 0 Å². The van der Waals surface area contributed by atoms with Gasteiger partial charge in [-0.15, -0.1) is 0 Å². The maximum Gasteiger partial charge on any atom is 0.329 e. The van der Waals surface area contributed by atoms with Crippen LogP contribution in [0.15, 0.2) is 54.6 Å². The number of carbonyl (C=O) groups excluding carboxylic acids is 4. The first-order valence-electron chi connectivity index (χ1n) is 8.77. The summed E-state index contributed by atoms with van der Waals surface area (Å²) in [6.45, 7) is 4.28. The number of amides is 2. The highest BCUT2D eigenvalue weighted by molar-refractivity contribution is 6.05. The van der Waals surface area contributed by atoms with E-state index in [-0.39, 0.29) is 5.78 Å². The lowest BCUT2D eigenvalue weighted by atomic mass is 10.1. The fourth-order valence-electron chi connectivity index (χ4n) is 2.39. The minimum Gasteiger partial charge on any atom is -0.451 e. The summed E-state index contributed by atoms with van der Waals surface area (Å²) in [6, 6.07) is 14.1. The SMILES string of the molecule is CC(=O)c1ccccc1NC(=O)[C@@H](C)OC(=O)[C@H](C)NC(=O)c1ccccc1. The largest absolute Gasteiger partial charge is 0.451 e. The molecule has 2 N–H and O–H groups in total. The molecule has 0 aliphatic heterocycles. The molecule has 0 aliphatic rings. The van der Waals surface area contributed by atoms with Crippen LogP contribution in [0.1, 0.15) is 41.5 Å². The van der Waals surface area contributed by atoms with Gasteiger partial charge in [-0.1, -0.05) is 30.3 Å². The Hall–Kier alpha value is -3.48. The summed E-state index contributed by atoms with van der Waals surface area (Å²) < 4.78 is 5.13. The normalized spacial score (nSPS) is 12.4. The molecule has 0 fully saturated rings. The topological polar surface area (TPSA) is 102 Å². The van der Waals surface area contributed by atoms with Gasteiger partial charge in [0, 0.05) is 11.1 Å². The first kappa shape index (κ1) is 20.8. The Bertz CT molecular complexity index is 879. The lowest BCUT2D eigenvalue weighted by molar-refractivity contribution is -0.154. The van der Waals surface area contributed by atoms with Gasteiger partial charge >= 0.3 is 5.97 Å². The van der Waals surface area contributed by atoms with Crippen molar-refractivity contribution < 1.29 is 23.9 Å². The molecule has 2 rings (SSSR count). The van der Waals surface area contributed by atoms with E-state index in [9.17, 15) is 19.2 Å². The average molecular weight is 382 g/mol. The smallest absolute Gasteiger partial charge is 0.329 e. The van der Waals surface area contributed by atoms with Crippen molar-refractivity contribution in [2.75, 3.05) is 5.32 Å². The molecule has 0 bridgehead atoms. The summed E-state index contributed by atoms with van der Waals surface area (Å²) in [4.78, 5) is 48.2. The number of Topliss-reactive ketones (excluding diaryl/α,β-unsaturated/α-hetero) is 1. The van der Waals surface area contributed by atoms with Crippen molar-refractivity contribution in [3.05, 3.63) is 65.7 Å². The number of esters is 1. The summed E-state index contributed by atoms with van der Waals surface area (Å²) in [5.41, 5.74) is 1.11. The van der Waals surface area contributed by atoms with E-state index < -0.39 is 29.9 Å². The van der Waals surface area contributed by atoms with Crippen molar-refractivity contribution in [3.8, 4) is 0 Å². The van der Waals surface area contributed by atoms with Crippen LogP contribution in [0, 0.1) is 0 Å². The Morgan fingerprint density at radius 2 is 1.50 bits per heavy atom. The van der Waals surface area contributed by atoms with Gasteiger partial charge in [0.2, 0.25) is 0 Å². The predicted molar refractivity (Wildman–Crippen MR) is 104 cm³/mol. The third kappa shape index (κ3) is 5.51. The molecule has 146 valence electrons. The van der Waals surface area contributed by atoms with Crippen LogP contribution in [-0.4, -0.2) is 35.7 Å². The van der Waals surface area contributed by atoms with Gasteiger partial charge in [-0.3, -0.25) is 14.4 Å². The van der Waals surface area contributed by atoms with Crippen molar-refractivity contribution in [3.63, 3.8) is 0 Å². The third-order valence-corrected chi connectivity index (χ3v) is 3.96. The first-order chi connectivity index (χ1) is 13.3. The average Bonchev–Trinajstić information content (AvgIpc) is 2.68. The second-order valence-electron chi connectivity index (χ2n) is 6.23. The van der Waals surface area contributed by atoms with E-state index in [2.05, 4.69) is 10.6 Å². The van der Waals surface area contributed by atoms with Gasteiger partial charge in [-0.05, 0) is 45.0 Å². The second kappa shape index (κ2) is 9.45. The number of hydrogen-bond donors (Lipinski definition) is 2. The van der Waals surface area contributed by atoms with E-state index in [4.69, 9.17) is 4.74 Å². The Balaban J connectivity index is 1.93. The molecule has 0 aliphatic carbocycles. The van der Waals surface area contributed by atoms with Gasteiger partial charge in [0.25, 0.3) is 11.8 Å². The van der Waals surface area contributed by atoms with E-state index in [1.807, 2.05) is 0 Å². The zero-order valence-electron chi connectivity index (χ0n) is 15.9. The molecular formula is C21H22N2O5. The van der Waals surface area contributed by atoms with Crippen LogP contribution in [0.2, 0.25) is 0 Å². The molecule has 28 heavy (non-hydrogen) atoms. The lowest BCUT2D eigenvalue weighted by Crippen LogP contribution is -2.42. The molecule has 2 atom stereocenters. The number of para-hydroxylation sites is 1. The fourth-order valence-corrected chi connectivity index (χ4v) is 2.39. The van der Waals surface area contributed by atoms with Gasteiger partial charge in [-0.2, -0.15) is 0 Å². The summed E-state index contributed by atoms with van der Waals surface area (Å²) in [6.07, 6.45) is -1.11. The summed E-state index contributed by atoms with van der Waals surface area (Å²) in [5, 5.41) is 5.10. The Morgan fingerprint density at radius 1 is 0.893 bits per heavy atom. The number of hydrogen-bond acceptors (Lipinski definition) is 5. The molecule has 7 heteroatoms. The van der Waals surface area contributed by atoms with Crippen LogP contribution in [0.3, 0.4) is 0 Å². The zero-order valence-corrected chi connectivity index (χ0v) is 15.9. The Kier molecular flexibility index (Phi) is 7.03. The number of carbonyl (C=O) groups is 4. The van der Waals surface area contributed by atoms with Crippen LogP contribution in [0.4, 0.5) is 5.69 Å². The molecule has 0 saturated carbocycles. The molecule has 7 nitrogen and oxygen atoms in total. The van der Waals surface area contributed by atoms with E-state index in [1.165, 1.54) is 20.8 Å². The highest BCUT2D eigenvalue weighted by Crippen LogP contribution is 2.16. The monoisotopic (exact) mass is 382 g/mol. The van der Waals surface area contributed by atoms with Gasteiger partial charge in [0.05, 0.1) is 5.69 Å². The number of rotatable bonds is 7.